The zero-order chi connectivity index (χ0) is 18.3. The van der Waals surface area contributed by atoms with Crippen molar-refractivity contribution in [3.8, 4) is 0 Å². The van der Waals surface area contributed by atoms with Crippen LogP contribution in [0.15, 0.2) is 72.3 Å². The molecule has 0 spiro atoms. The van der Waals surface area contributed by atoms with Crippen molar-refractivity contribution in [3.63, 3.8) is 0 Å². The molecule has 0 aromatic heterocycles. The van der Waals surface area contributed by atoms with Crippen LogP contribution in [-0.2, 0) is 4.43 Å². The number of hydrogen-bond acceptors (Lipinski definition) is 1. The zero-order valence-electron chi connectivity index (χ0n) is 15.8. The van der Waals surface area contributed by atoms with Crippen LogP contribution in [0.1, 0.15) is 34.1 Å². The van der Waals surface area contributed by atoms with Gasteiger partial charge in [0.25, 0.3) is 8.32 Å². The third kappa shape index (κ3) is 4.72. The molecule has 0 unspecified atom stereocenters. The molecule has 1 nitrogen and oxygen atoms in total. The normalized spacial score (nSPS) is 13.1. The summed E-state index contributed by atoms with van der Waals surface area (Å²) in [6, 6.07) is 21.6. The molecular weight excluding hydrogens is 388 g/mol. The third-order valence-corrected chi connectivity index (χ3v) is 9.98. The lowest BCUT2D eigenvalue weighted by Crippen LogP contribution is -2.66. The fourth-order valence-corrected chi connectivity index (χ4v) is 8.17. The van der Waals surface area contributed by atoms with E-state index in [9.17, 15) is 0 Å². The minimum atomic E-state index is -2.40. The lowest BCUT2D eigenvalue weighted by molar-refractivity contribution is 0.329. The lowest BCUT2D eigenvalue weighted by Gasteiger charge is -2.43. The van der Waals surface area contributed by atoms with E-state index in [2.05, 4.69) is 110 Å². The summed E-state index contributed by atoms with van der Waals surface area (Å²) in [5.74, 6) is 0. The highest BCUT2D eigenvalue weighted by Gasteiger charge is 2.50. The van der Waals surface area contributed by atoms with E-state index >= 15 is 0 Å². The molecule has 0 heterocycles. The first kappa shape index (κ1) is 20.2. The largest absolute Gasteiger partial charge is 0.403 e. The molecule has 0 fully saturated rings. The summed E-state index contributed by atoms with van der Waals surface area (Å²) in [7, 11) is -2.40. The fourth-order valence-electron chi connectivity index (χ4n) is 3.34. The molecule has 0 aliphatic rings. The minimum Gasteiger partial charge on any atom is -0.403 e. The van der Waals surface area contributed by atoms with Gasteiger partial charge in [0.15, 0.2) is 0 Å². The van der Waals surface area contributed by atoms with Crippen molar-refractivity contribution < 1.29 is 4.43 Å². The maximum atomic E-state index is 6.88. The van der Waals surface area contributed by atoms with Gasteiger partial charge in [0.1, 0.15) is 0 Å². The van der Waals surface area contributed by atoms with Crippen LogP contribution in [0, 0.1) is 0 Å². The van der Waals surface area contributed by atoms with E-state index in [1.807, 2.05) is 0 Å². The van der Waals surface area contributed by atoms with Crippen molar-refractivity contribution in [1.29, 1.82) is 0 Å². The maximum absolute atomic E-state index is 6.88. The standard InChI is InChI=1S/C22H29BrOSi/c1-19(12-11-17-23)18-24-25(22(2,3)4,20-13-7-5-8-14-20)21-15-9-6-10-16-21/h5-10,12-16H,11,17-18H2,1-4H3/b19-12-. The van der Waals surface area contributed by atoms with Gasteiger partial charge in [0.05, 0.1) is 6.61 Å². The molecule has 0 saturated heterocycles. The first-order chi connectivity index (χ1) is 11.9. The Morgan fingerprint density at radius 2 is 1.44 bits per heavy atom. The first-order valence-electron chi connectivity index (χ1n) is 8.88. The van der Waals surface area contributed by atoms with Gasteiger partial charge < -0.3 is 4.43 Å². The average Bonchev–Trinajstić information content (AvgIpc) is 2.61. The monoisotopic (exact) mass is 416 g/mol. The molecule has 3 heteroatoms. The Bertz CT molecular complexity index is 635. The van der Waals surface area contributed by atoms with Gasteiger partial charge in [-0.05, 0) is 28.8 Å². The number of alkyl halides is 1. The average molecular weight is 417 g/mol. The van der Waals surface area contributed by atoms with Crippen LogP contribution < -0.4 is 10.4 Å². The van der Waals surface area contributed by atoms with E-state index in [1.54, 1.807) is 0 Å². The minimum absolute atomic E-state index is 0.0331. The van der Waals surface area contributed by atoms with Crippen molar-refractivity contribution in [2.24, 2.45) is 0 Å². The molecule has 0 radical (unpaired) electrons. The molecule has 0 saturated carbocycles. The SMILES string of the molecule is C/C(=C/CCBr)CO[Si](c1ccccc1)(c1ccccc1)C(C)(C)C. The second kappa shape index (κ2) is 8.97. The Morgan fingerprint density at radius 1 is 0.960 bits per heavy atom. The Labute approximate surface area is 162 Å². The van der Waals surface area contributed by atoms with Crippen LogP contribution in [0.2, 0.25) is 5.04 Å². The molecule has 2 rings (SSSR count). The summed E-state index contributed by atoms with van der Waals surface area (Å²) in [4.78, 5) is 0. The second-order valence-corrected chi connectivity index (χ2v) is 12.6. The summed E-state index contributed by atoms with van der Waals surface area (Å²) in [6.45, 7) is 9.80. The number of allylic oxidation sites excluding steroid dienone is 1. The number of rotatable bonds is 7. The van der Waals surface area contributed by atoms with E-state index in [0.29, 0.717) is 6.61 Å². The van der Waals surface area contributed by atoms with Crippen LogP contribution in [0.25, 0.3) is 0 Å². The van der Waals surface area contributed by atoms with Gasteiger partial charge in [-0.25, -0.2) is 0 Å². The molecule has 0 amide bonds. The fraction of sp³-hybridized carbons (Fsp3) is 0.364. The number of hydrogen-bond donors (Lipinski definition) is 0. The van der Waals surface area contributed by atoms with Crippen molar-refractivity contribution in [1.82, 2.24) is 0 Å². The third-order valence-electron chi connectivity index (χ3n) is 4.54. The van der Waals surface area contributed by atoms with E-state index < -0.39 is 8.32 Å². The highest BCUT2D eigenvalue weighted by molar-refractivity contribution is 9.09. The summed E-state index contributed by atoms with van der Waals surface area (Å²) in [5, 5.41) is 3.69. The molecule has 2 aromatic rings. The van der Waals surface area contributed by atoms with E-state index in [0.717, 1.165) is 11.8 Å². The van der Waals surface area contributed by atoms with Crippen molar-refractivity contribution in [2.75, 3.05) is 11.9 Å². The number of halogens is 1. The van der Waals surface area contributed by atoms with Gasteiger partial charge in [-0.3, -0.25) is 0 Å². The van der Waals surface area contributed by atoms with Gasteiger partial charge in [-0.1, -0.05) is 109 Å². The molecule has 25 heavy (non-hydrogen) atoms. The maximum Gasteiger partial charge on any atom is 0.261 e. The summed E-state index contributed by atoms with van der Waals surface area (Å²) in [5.41, 5.74) is 1.30. The Morgan fingerprint density at radius 3 is 1.84 bits per heavy atom. The quantitative estimate of drug-likeness (QED) is 0.338. The molecule has 0 N–H and O–H groups in total. The van der Waals surface area contributed by atoms with Gasteiger partial charge in [0.2, 0.25) is 0 Å². The van der Waals surface area contributed by atoms with Crippen LogP contribution >= 0.6 is 15.9 Å². The highest BCUT2D eigenvalue weighted by Crippen LogP contribution is 2.36. The van der Waals surface area contributed by atoms with Gasteiger partial charge in [0, 0.05) is 5.33 Å². The summed E-state index contributed by atoms with van der Waals surface area (Å²) >= 11 is 3.50. The smallest absolute Gasteiger partial charge is 0.261 e. The molecule has 0 atom stereocenters. The predicted octanol–water partition coefficient (Wildman–Crippen LogP) is 5.29. The first-order valence-corrected chi connectivity index (χ1v) is 11.9. The Balaban J connectivity index is 2.53. The lowest BCUT2D eigenvalue weighted by atomic mass is 10.2. The van der Waals surface area contributed by atoms with Gasteiger partial charge in [-0.15, -0.1) is 0 Å². The van der Waals surface area contributed by atoms with Crippen LogP contribution in [-0.4, -0.2) is 20.3 Å². The van der Waals surface area contributed by atoms with Crippen LogP contribution in [0.3, 0.4) is 0 Å². The van der Waals surface area contributed by atoms with E-state index in [4.69, 9.17) is 4.43 Å². The summed E-state index contributed by atoms with van der Waals surface area (Å²) < 4.78 is 6.88. The van der Waals surface area contributed by atoms with Crippen molar-refractivity contribution in [2.45, 2.75) is 39.2 Å². The Kier molecular flexibility index (Phi) is 7.23. The molecular formula is C22H29BrOSi. The molecule has 134 valence electrons. The zero-order valence-corrected chi connectivity index (χ0v) is 18.3. The van der Waals surface area contributed by atoms with Crippen molar-refractivity contribution in [3.05, 3.63) is 72.3 Å². The molecule has 0 aliphatic heterocycles. The molecule has 2 aromatic carbocycles. The molecule has 0 bridgehead atoms. The van der Waals surface area contributed by atoms with E-state index in [-0.39, 0.29) is 5.04 Å². The predicted molar refractivity (Wildman–Crippen MR) is 116 cm³/mol. The molecule has 0 aliphatic carbocycles. The van der Waals surface area contributed by atoms with Gasteiger partial charge >= 0.3 is 0 Å². The highest BCUT2D eigenvalue weighted by atomic mass is 79.9. The van der Waals surface area contributed by atoms with Gasteiger partial charge in [-0.2, -0.15) is 0 Å². The van der Waals surface area contributed by atoms with E-state index in [1.165, 1.54) is 15.9 Å². The van der Waals surface area contributed by atoms with Crippen LogP contribution in [0.5, 0.6) is 0 Å². The number of benzene rings is 2. The Hall–Kier alpha value is -1.16. The second-order valence-electron chi connectivity index (χ2n) is 7.48. The van der Waals surface area contributed by atoms with Crippen molar-refractivity contribution >= 4 is 34.6 Å². The topological polar surface area (TPSA) is 9.23 Å². The van der Waals surface area contributed by atoms with Crippen LogP contribution in [0.4, 0.5) is 0 Å². The summed E-state index contributed by atoms with van der Waals surface area (Å²) in [6.07, 6.45) is 3.31.